The van der Waals surface area contributed by atoms with Crippen molar-refractivity contribution >= 4 is 23.5 Å². The Labute approximate surface area is 70.0 Å². The zero-order valence-electron chi connectivity index (χ0n) is 5.86. The molecule has 1 aromatic carbocycles. The molecule has 0 aliphatic carbocycles. The molecule has 0 aliphatic rings. The third-order valence-electron chi connectivity index (χ3n) is 1.70. The number of fused-ring (bicyclic) bond motifs is 1. The lowest BCUT2D eigenvalue weighted by Gasteiger charge is -1.95. The second kappa shape index (κ2) is 2.20. The molecule has 0 spiro atoms. The number of aromatic nitrogens is 1. The number of nitrogens with two attached hydrogens (primary N) is 1. The number of hydrogen-bond acceptors (Lipinski definition) is 2. The van der Waals surface area contributed by atoms with Crippen LogP contribution < -0.4 is 5.84 Å². The first kappa shape index (κ1) is 6.61. The lowest BCUT2D eigenvalue weighted by molar-refractivity contribution is 1.07. The molecule has 11 heavy (non-hydrogen) atoms. The summed E-state index contributed by atoms with van der Waals surface area (Å²) < 4.78 is 1.60. The fourth-order valence-electron chi connectivity index (χ4n) is 1.15. The van der Waals surface area contributed by atoms with Gasteiger partial charge in [0.25, 0.3) is 0 Å². The van der Waals surface area contributed by atoms with Gasteiger partial charge < -0.3 is 5.84 Å². The van der Waals surface area contributed by atoms with Gasteiger partial charge in [-0.25, -0.2) is 0 Å². The minimum absolute atomic E-state index is 0.962. The number of hydrogen-bond donors (Lipinski definition) is 2. The molecule has 0 amide bonds. The van der Waals surface area contributed by atoms with Gasteiger partial charge >= 0.3 is 0 Å². The lowest BCUT2D eigenvalue weighted by atomic mass is 10.2. The van der Waals surface area contributed by atoms with Crippen molar-refractivity contribution in [2.75, 3.05) is 5.84 Å². The Morgan fingerprint density at radius 3 is 2.91 bits per heavy atom. The zero-order valence-corrected chi connectivity index (χ0v) is 6.75. The third kappa shape index (κ3) is 0.973. The van der Waals surface area contributed by atoms with E-state index in [-0.39, 0.29) is 0 Å². The van der Waals surface area contributed by atoms with Crippen molar-refractivity contribution in [2.24, 2.45) is 0 Å². The van der Waals surface area contributed by atoms with Crippen LogP contribution in [0.15, 0.2) is 35.4 Å². The molecule has 3 heteroatoms. The van der Waals surface area contributed by atoms with Gasteiger partial charge in [-0.05, 0) is 24.3 Å². The van der Waals surface area contributed by atoms with Crippen LogP contribution in [0.1, 0.15) is 0 Å². The molecule has 0 atom stereocenters. The van der Waals surface area contributed by atoms with E-state index in [0.717, 1.165) is 15.8 Å². The maximum atomic E-state index is 5.62. The molecular formula is C8H8N2S. The van der Waals surface area contributed by atoms with Crippen LogP contribution >= 0.6 is 12.6 Å². The fraction of sp³-hybridized carbons (Fsp3) is 0. The standard InChI is InChI=1S/C8H8N2S/c9-10-4-3-6-5-7(11)1-2-8(6)10/h1-5,11H,9H2. The number of nitrogens with zero attached hydrogens (tertiary/aromatic N) is 1. The molecule has 0 saturated heterocycles. The second-order valence-corrected chi connectivity index (χ2v) is 2.98. The van der Waals surface area contributed by atoms with Crippen LogP contribution in [0, 0.1) is 0 Å². The van der Waals surface area contributed by atoms with Crippen molar-refractivity contribution in [3.8, 4) is 0 Å². The van der Waals surface area contributed by atoms with Gasteiger partial charge in [0.2, 0.25) is 0 Å². The zero-order chi connectivity index (χ0) is 7.84. The summed E-state index contributed by atoms with van der Waals surface area (Å²) in [4.78, 5) is 0.962. The Morgan fingerprint density at radius 1 is 1.27 bits per heavy atom. The predicted molar refractivity (Wildman–Crippen MR) is 49.3 cm³/mol. The number of rotatable bonds is 0. The molecule has 2 aromatic rings. The highest BCUT2D eigenvalue weighted by molar-refractivity contribution is 7.80. The average Bonchev–Trinajstić information content (AvgIpc) is 2.32. The summed E-state index contributed by atoms with van der Waals surface area (Å²) in [5, 5.41) is 1.13. The minimum Gasteiger partial charge on any atom is -0.339 e. The molecule has 0 radical (unpaired) electrons. The van der Waals surface area contributed by atoms with Crippen LogP contribution in [-0.4, -0.2) is 4.68 Å². The van der Waals surface area contributed by atoms with E-state index in [0.29, 0.717) is 0 Å². The molecule has 0 bridgehead atoms. The van der Waals surface area contributed by atoms with Crippen LogP contribution in [-0.2, 0) is 0 Å². The van der Waals surface area contributed by atoms with E-state index < -0.39 is 0 Å². The van der Waals surface area contributed by atoms with E-state index >= 15 is 0 Å². The normalized spacial score (nSPS) is 10.6. The van der Waals surface area contributed by atoms with Crippen LogP contribution in [0.25, 0.3) is 10.9 Å². The quantitative estimate of drug-likeness (QED) is 0.450. The fourth-order valence-corrected chi connectivity index (χ4v) is 1.37. The maximum absolute atomic E-state index is 5.62. The summed E-state index contributed by atoms with van der Waals surface area (Å²) in [5.41, 5.74) is 1.03. The molecule has 0 fully saturated rings. The highest BCUT2D eigenvalue weighted by Gasteiger charge is 1.96. The van der Waals surface area contributed by atoms with Crippen LogP contribution in [0.3, 0.4) is 0 Å². The third-order valence-corrected chi connectivity index (χ3v) is 1.98. The van der Waals surface area contributed by atoms with E-state index in [1.54, 1.807) is 4.68 Å². The Hall–Kier alpha value is -1.09. The minimum atomic E-state index is 0.962. The summed E-state index contributed by atoms with van der Waals surface area (Å²) in [5.74, 6) is 5.62. The SMILES string of the molecule is Nn1ccc2cc(S)ccc21. The lowest BCUT2D eigenvalue weighted by Crippen LogP contribution is -2.04. The maximum Gasteiger partial charge on any atom is 0.0690 e. The Bertz CT molecular complexity index is 392. The van der Waals surface area contributed by atoms with Gasteiger partial charge in [-0.3, -0.25) is 4.68 Å². The van der Waals surface area contributed by atoms with Gasteiger partial charge in [-0.1, -0.05) is 0 Å². The van der Waals surface area contributed by atoms with E-state index in [9.17, 15) is 0 Å². The van der Waals surface area contributed by atoms with Gasteiger partial charge in [0.05, 0.1) is 5.52 Å². The van der Waals surface area contributed by atoms with Crippen LogP contribution in [0.5, 0.6) is 0 Å². The van der Waals surface area contributed by atoms with E-state index in [1.807, 2.05) is 30.5 Å². The molecule has 2 nitrogen and oxygen atoms in total. The monoisotopic (exact) mass is 164 g/mol. The van der Waals surface area contributed by atoms with E-state index in [4.69, 9.17) is 5.84 Å². The topological polar surface area (TPSA) is 30.9 Å². The average molecular weight is 164 g/mol. The first-order valence-electron chi connectivity index (χ1n) is 3.32. The summed E-state index contributed by atoms with van der Waals surface area (Å²) in [6.07, 6.45) is 1.83. The summed E-state index contributed by atoms with van der Waals surface area (Å²) in [6.45, 7) is 0. The van der Waals surface area contributed by atoms with Gasteiger partial charge in [0.1, 0.15) is 0 Å². The molecule has 1 aromatic heterocycles. The summed E-state index contributed by atoms with van der Waals surface area (Å²) >= 11 is 4.22. The molecule has 2 N–H and O–H groups in total. The van der Waals surface area contributed by atoms with E-state index in [2.05, 4.69) is 12.6 Å². The number of nitrogen functional groups attached to an aromatic ring is 1. The van der Waals surface area contributed by atoms with Gasteiger partial charge in [0.15, 0.2) is 0 Å². The Balaban J connectivity index is 2.86. The number of thiol groups is 1. The number of benzene rings is 1. The molecule has 1 heterocycles. The van der Waals surface area contributed by atoms with Crippen LogP contribution in [0.2, 0.25) is 0 Å². The molecular weight excluding hydrogens is 156 g/mol. The smallest absolute Gasteiger partial charge is 0.0690 e. The highest BCUT2D eigenvalue weighted by Crippen LogP contribution is 2.17. The van der Waals surface area contributed by atoms with Crippen molar-refractivity contribution in [1.29, 1.82) is 0 Å². The van der Waals surface area contributed by atoms with Crippen molar-refractivity contribution in [3.05, 3.63) is 30.5 Å². The largest absolute Gasteiger partial charge is 0.339 e. The van der Waals surface area contributed by atoms with Gasteiger partial charge in [-0.15, -0.1) is 12.6 Å². The van der Waals surface area contributed by atoms with E-state index in [1.165, 1.54) is 0 Å². The first-order chi connectivity index (χ1) is 5.27. The Morgan fingerprint density at radius 2 is 2.09 bits per heavy atom. The van der Waals surface area contributed by atoms with Crippen molar-refractivity contribution < 1.29 is 0 Å². The van der Waals surface area contributed by atoms with Crippen molar-refractivity contribution in [3.63, 3.8) is 0 Å². The van der Waals surface area contributed by atoms with Crippen molar-refractivity contribution in [2.45, 2.75) is 4.90 Å². The summed E-state index contributed by atoms with van der Waals surface area (Å²) in [7, 11) is 0. The summed E-state index contributed by atoms with van der Waals surface area (Å²) in [6, 6.07) is 7.84. The van der Waals surface area contributed by atoms with Gasteiger partial charge in [0, 0.05) is 16.5 Å². The molecule has 0 aliphatic heterocycles. The second-order valence-electron chi connectivity index (χ2n) is 2.47. The van der Waals surface area contributed by atoms with Crippen LogP contribution in [0.4, 0.5) is 0 Å². The van der Waals surface area contributed by atoms with Crippen molar-refractivity contribution in [1.82, 2.24) is 4.68 Å². The predicted octanol–water partition coefficient (Wildman–Crippen LogP) is 1.64. The molecule has 2 rings (SSSR count). The Kier molecular flexibility index (Phi) is 1.32. The highest BCUT2D eigenvalue weighted by atomic mass is 32.1. The molecule has 0 unspecified atom stereocenters. The first-order valence-corrected chi connectivity index (χ1v) is 3.77. The molecule has 0 saturated carbocycles. The molecule has 56 valence electrons. The van der Waals surface area contributed by atoms with Gasteiger partial charge in [-0.2, -0.15) is 0 Å².